The van der Waals surface area contributed by atoms with E-state index < -0.39 is 16.4 Å². The minimum atomic E-state index is -0.815. The Labute approximate surface area is 117 Å². The van der Waals surface area contributed by atoms with E-state index in [0.717, 1.165) is 19.3 Å². The van der Waals surface area contributed by atoms with E-state index in [1.165, 1.54) is 18.6 Å². The fourth-order valence-corrected chi connectivity index (χ4v) is 2.62. The summed E-state index contributed by atoms with van der Waals surface area (Å²) in [6.45, 7) is 0.276. The predicted molar refractivity (Wildman–Crippen MR) is 72.9 cm³/mol. The Morgan fingerprint density at radius 3 is 2.85 bits per heavy atom. The molecule has 2 rings (SSSR count). The SMILES string of the molecule is CNC1CCCCC1OCc1ccc([N+](=O)[O-])c(F)c1. The first kappa shape index (κ1) is 14.9. The molecule has 0 bridgehead atoms. The number of benzene rings is 1. The summed E-state index contributed by atoms with van der Waals surface area (Å²) in [6.07, 6.45) is 4.51. The number of nitrogens with one attached hydrogen (secondary N) is 1. The molecule has 0 spiro atoms. The van der Waals surface area contributed by atoms with Crippen molar-refractivity contribution < 1.29 is 14.1 Å². The number of likely N-dealkylation sites (N-methyl/N-ethyl adjacent to an activating group) is 1. The Kier molecular flexibility index (Phi) is 5.03. The van der Waals surface area contributed by atoms with Crippen LogP contribution in [0.4, 0.5) is 10.1 Å². The molecule has 110 valence electrons. The number of hydrogen-bond donors (Lipinski definition) is 1. The Morgan fingerprint density at radius 2 is 2.20 bits per heavy atom. The highest BCUT2D eigenvalue weighted by Crippen LogP contribution is 2.23. The van der Waals surface area contributed by atoms with Crippen LogP contribution in [0.3, 0.4) is 0 Å². The minimum absolute atomic E-state index is 0.118. The highest BCUT2D eigenvalue weighted by atomic mass is 19.1. The smallest absolute Gasteiger partial charge is 0.304 e. The third-order valence-electron chi connectivity index (χ3n) is 3.75. The lowest BCUT2D eigenvalue weighted by Crippen LogP contribution is -2.41. The molecule has 1 aliphatic carbocycles. The largest absolute Gasteiger partial charge is 0.372 e. The van der Waals surface area contributed by atoms with Crippen LogP contribution in [-0.2, 0) is 11.3 Å². The summed E-state index contributed by atoms with van der Waals surface area (Å²) in [5.74, 6) is -0.815. The van der Waals surface area contributed by atoms with Crippen molar-refractivity contribution in [3.8, 4) is 0 Å². The first-order valence-electron chi connectivity index (χ1n) is 6.83. The van der Waals surface area contributed by atoms with E-state index >= 15 is 0 Å². The van der Waals surface area contributed by atoms with Gasteiger partial charge in [0.2, 0.25) is 5.82 Å². The Morgan fingerprint density at radius 1 is 1.45 bits per heavy atom. The summed E-state index contributed by atoms with van der Waals surface area (Å²) in [7, 11) is 1.91. The molecule has 0 heterocycles. The third-order valence-corrected chi connectivity index (χ3v) is 3.75. The lowest BCUT2D eigenvalue weighted by Gasteiger charge is -2.31. The van der Waals surface area contributed by atoms with Crippen LogP contribution in [0.25, 0.3) is 0 Å². The van der Waals surface area contributed by atoms with E-state index in [1.807, 2.05) is 7.05 Å². The molecule has 1 saturated carbocycles. The van der Waals surface area contributed by atoms with E-state index in [4.69, 9.17) is 4.74 Å². The predicted octanol–water partition coefficient (Wildman–Crippen LogP) is 2.78. The molecule has 20 heavy (non-hydrogen) atoms. The lowest BCUT2D eigenvalue weighted by atomic mass is 9.92. The highest BCUT2D eigenvalue weighted by Gasteiger charge is 2.24. The number of hydrogen-bond acceptors (Lipinski definition) is 4. The molecular weight excluding hydrogens is 263 g/mol. The van der Waals surface area contributed by atoms with Gasteiger partial charge >= 0.3 is 5.69 Å². The van der Waals surface area contributed by atoms with Gasteiger partial charge in [-0.15, -0.1) is 0 Å². The summed E-state index contributed by atoms with van der Waals surface area (Å²) in [5.41, 5.74) is 0.119. The third kappa shape index (κ3) is 3.52. The molecule has 5 nitrogen and oxygen atoms in total. The molecule has 0 radical (unpaired) electrons. The lowest BCUT2D eigenvalue weighted by molar-refractivity contribution is -0.387. The summed E-state index contributed by atoms with van der Waals surface area (Å²) in [5, 5.41) is 13.8. The minimum Gasteiger partial charge on any atom is -0.372 e. The maximum absolute atomic E-state index is 13.5. The van der Waals surface area contributed by atoms with Crippen molar-refractivity contribution >= 4 is 5.69 Å². The Hall–Kier alpha value is -1.53. The summed E-state index contributed by atoms with van der Waals surface area (Å²) < 4.78 is 19.3. The Balaban J connectivity index is 1.96. The number of rotatable bonds is 5. The van der Waals surface area contributed by atoms with Crippen LogP contribution in [0.2, 0.25) is 0 Å². The van der Waals surface area contributed by atoms with Gasteiger partial charge in [-0.3, -0.25) is 10.1 Å². The van der Waals surface area contributed by atoms with Gasteiger partial charge in [0, 0.05) is 12.1 Å². The van der Waals surface area contributed by atoms with Crippen molar-refractivity contribution in [1.29, 1.82) is 0 Å². The van der Waals surface area contributed by atoms with Gasteiger partial charge in [-0.25, -0.2) is 0 Å². The molecular formula is C14H19FN2O3. The molecule has 1 aromatic carbocycles. The van der Waals surface area contributed by atoms with Crippen molar-refractivity contribution in [3.63, 3.8) is 0 Å². The summed E-state index contributed by atoms with van der Waals surface area (Å²) in [6, 6.07) is 4.23. The highest BCUT2D eigenvalue weighted by molar-refractivity contribution is 5.34. The molecule has 1 aliphatic rings. The van der Waals surface area contributed by atoms with Crippen LogP contribution in [0.5, 0.6) is 0 Å². The van der Waals surface area contributed by atoms with E-state index in [9.17, 15) is 14.5 Å². The molecule has 1 fully saturated rings. The van der Waals surface area contributed by atoms with Gasteiger partial charge < -0.3 is 10.1 Å². The maximum Gasteiger partial charge on any atom is 0.304 e. The van der Waals surface area contributed by atoms with Crippen molar-refractivity contribution in [3.05, 3.63) is 39.7 Å². The van der Waals surface area contributed by atoms with Crippen LogP contribution < -0.4 is 5.32 Å². The van der Waals surface area contributed by atoms with Crippen LogP contribution in [-0.4, -0.2) is 24.1 Å². The quantitative estimate of drug-likeness (QED) is 0.666. The average molecular weight is 282 g/mol. The zero-order valence-corrected chi connectivity index (χ0v) is 11.5. The van der Waals surface area contributed by atoms with E-state index in [-0.39, 0.29) is 12.7 Å². The molecule has 6 heteroatoms. The van der Waals surface area contributed by atoms with Crippen molar-refractivity contribution in [2.45, 2.75) is 44.4 Å². The molecule has 1 N–H and O–H groups in total. The first-order chi connectivity index (χ1) is 9.61. The second-order valence-corrected chi connectivity index (χ2v) is 5.07. The van der Waals surface area contributed by atoms with Gasteiger partial charge in [-0.2, -0.15) is 4.39 Å². The number of nitro benzene ring substituents is 1. The topological polar surface area (TPSA) is 64.4 Å². The van der Waals surface area contributed by atoms with Gasteiger partial charge in [0.1, 0.15) is 0 Å². The zero-order chi connectivity index (χ0) is 14.5. The molecule has 2 unspecified atom stereocenters. The molecule has 1 aromatic rings. The first-order valence-corrected chi connectivity index (χ1v) is 6.83. The van der Waals surface area contributed by atoms with Crippen LogP contribution in [0, 0.1) is 15.9 Å². The average Bonchev–Trinajstić information content (AvgIpc) is 2.45. The van der Waals surface area contributed by atoms with Gasteiger partial charge in [0.05, 0.1) is 17.6 Å². The number of halogens is 1. The van der Waals surface area contributed by atoms with E-state index in [0.29, 0.717) is 11.6 Å². The van der Waals surface area contributed by atoms with Crippen LogP contribution in [0.15, 0.2) is 18.2 Å². The Bertz CT molecular complexity index is 481. The molecule has 0 amide bonds. The van der Waals surface area contributed by atoms with Gasteiger partial charge in [0.25, 0.3) is 0 Å². The fourth-order valence-electron chi connectivity index (χ4n) is 2.62. The van der Waals surface area contributed by atoms with E-state index in [1.54, 1.807) is 6.07 Å². The van der Waals surface area contributed by atoms with Gasteiger partial charge in [-0.05, 0) is 37.6 Å². The van der Waals surface area contributed by atoms with Gasteiger partial charge in [-0.1, -0.05) is 12.8 Å². The van der Waals surface area contributed by atoms with Crippen molar-refractivity contribution in [1.82, 2.24) is 5.32 Å². The maximum atomic E-state index is 13.5. The van der Waals surface area contributed by atoms with Crippen LogP contribution in [0.1, 0.15) is 31.2 Å². The summed E-state index contributed by atoms with van der Waals surface area (Å²) >= 11 is 0. The molecule has 2 atom stereocenters. The second-order valence-electron chi connectivity index (χ2n) is 5.07. The number of ether oxygens (including phenoxy) is 1. The number of nitro groups is 1. The van der Waals surface area contributed by atoms with E-state index in [2.05, 4.69) is 5.32 Å². The van der Waals surface area contributed by atoms with Crippen molar-refractivity contribution in [2.24, 2.45) is 0 Å². The normalized spacial score (nSPS) is 22.7. The number of nitrogens with zero attached hydrogens (tertiary/aromatic N) is 1. The molecule has 0 aliphatic heterocycles. The fraction of sp³-hybridized carbons (Fsp3) is 0.571. The second kappa shape index (κ2) is 6.76. The molecule has 0 aromatic heterocycles. The van der Waals surface area contributed by atoms with Gasteiger partial charge in [0.15, 0.2) is 0 Å². The van der Waals surface area contributed by atoms with Crippen LogP contribution >= 0.6 is 0 Å². The zero-order valence-electron chi connectivity index (χ0n) is 11.5. The monoisotopic (exact) mass is 282 g/mol. The standard InChI is InChI=1S/C14H19FN2O3/c1-16-12-4-2-3-5-14(12)20-9-10-6-7-13(17(18)19)11(15)8-10/h6-8,12,14,16H,2-5,9H2,1H3. The van der Waals surface area contributed by atoms with Crippen molar-refractivity contribution in [2.75, 3.05) is 7.05 Å². The molecule has 0 saturated heterocycles. The summed E-state index contributed by atoms with van der Waals surface area (Å²) in [4.78, 5) is 9.82.